The number of thioether (sulfide) groups is 1. The lowest BCUT2D eigenvalue weighted by Gasteiger charge is -2.36. The maximum Gasteiger partial charge on any atom is 0.248 e. The van der Waals surface area contributed by atoms with Gasteiger partial charge in [0.25, 0.3) is 0 Å². The van der Waals surface area contributed by atoms with Crippen molar-refractivity contribution in [1.82, 2.24) is 4.90 Å². The van der Waals surface area contributed by atoms with Gasteiger partial charge in [0, 0.05) is 10.9 Å². The molecule has 2 bridgehead atoms. The summed E-state index contributed by atoms with van der Waals surface area (Å²) in [6.07, 6.45) is 1.91. The van der Waals surface area contributed by atoms with E-state index in [1.54, 1.807) is 40.9 Å². The van der Waals surface area contributed by atoms with Crippen molar-refractivity contribution >= 4 is 52.5 Å². The van der Waals surface area contributed by atoms with Gasteiger partial charge in [-0.2, -0.15) is 0 Å². The summed E-state index contributed by atoms with van der Waals surface area (Å²) in [5.74, 6) is -1.93. The minimum absolute atomic E-state index is 0.0420. The molecule has 0 radical (unpaired) electrons. The van der Waals surface area contributed by atoms with Gasteiger partial charge in [0.15, 0.2) is 0 Å². The number of aliphatic hydroxyl groups excluding tert-OH is 1. The van der Waals surface area contributed by atoms with Crippen LogP contribution in [0.2, 0.25) is 5.02 Å². The number of hydrogen-bond acceptors (Lipinski definition) is 5. The minimum atomic E-state index is -0.808. The Morgan fingerprint density at radius 1 is 1.14 bits per heavy atom. The molecule has 2 unspecified atom stereocenters. The fourth-order valence-electron chi connectivity index (χ4n) is 6.01. The zero-order chi connectivity index (χ0) is 24.7. The predicted molar refractivity (Wildman–Crippen MR) is 137 cm³/mol. The molecule has 2 aromatic carbocycles. The second kappa shape index (κ2) is 9.48. The van der Waals surface area contributed by atoms with Crippen LogP contribution in [0.1, 0.15) is 26.2 Å². The van der Waals surface area contributed by atoms with E-state index in [1.165, 1.54) is 0 Å². The van der Waals surface area contributed by atoms with Crippen LogP contribution in [0.4, 0.5) is 11.4 Å². The summed E-state index contributed by atoms with van der Waals surface area (Å²) < 4.78 is -0.728. The number of aliphatic hydroxyl groups is 1. The Labute approximate surface area is 213 Å². The highest BCUT2D eigenvalue weighted by atomic mass is 35.5. The molecule has 3 aliphatic heterocycles. The van der Waals surface area contributed by atoms with Crippen molar-refractivity contribution in [1.29, 1.82) is 0 Å². The first-order chi connectivity index (χ1) is 16.9. The topological polar surface area (TPSA) is 98.7 Å². The van der Waals surface area contributed by atoms with E-state index in [2.05, 4.69) is 10.6 Å². The smallest absolute Gasteiger partial charge is 0.248 e. The van der Waals surface area contributed by atoms with Crippen LogP contribution in [0.25, 0.3) is 0 Å². The number of hydrogen-bond donors (Lipinski definition) is 3. The summed E-state index contributed by atoms with van der Waals surface area (Å²) >= 11 is 7.89. The van der Waals surface area contributed by atoms with Crippen molar-refractivity contribution in [3.63, 3.8) is 0 Å². The molecular weight excluding hydrogens is 486 g/mol. The zero-order valence-corrected chi connectivity index (χ0v) is 20.9. The summed E-state index contributed by atoms with van der Waals surface area (Å²) in [6.45, 7) is 1.63. The van der Waals surface area contributed by atoms with Crippen LogP contribution in [0.15, 0.2) is 54.6 Å². The second-order valence-corrected chi connectivity index (χ2v) is 11.4. The Morgan fingerprint density at radius 2 is 1.86 bits per heavy atom. The van der Waals surface area contributed by atoms with Gasteiger partial charge in [-0.3, -0.25) is 14.4 Å². The molecule has 6 atom stereocenters. The third-order valence-electron chi connectivity index (χ3n) is 7.54. The largest absolute Gasteiger partial charge is 0.394 e. The molecule has 5 rings (SSSR count). The normalized spacial score (nSPS) is 29.7. The van der Waals surface area contributed by atoms with Gasteiger partial charge in [-0.1, -0.05) is 48.9 Å². The molecule has 0 aliphatic carbocycles. The lowest BCUT2D eigenvalue weighted by atomic mass is 9.70. The van der Waals surface area contributed by atoms with Crippen molar-refractivity contribution in [3.05, 3.63) is 59.6 Å². The Kier molecular flexibility index (Phi) is 6.55. The Hall–Kier alpha value is -2.55. The van der Waals surface area contributed by atoms with E-state index in [4.69, 9.17) is 11.6 Å². The SMILES string of the molecule is CC[C@@H](CO)N1C(=O)[C@@H]2[C@@H](C(=O)Nc3ccccc3)[C@H]3CCC2(S3)C1C(=O)Nc1ccccc1Cl. The molecule has 3 heterocycles. The number of carbonyl (C=O) groups is 3. The molecule has 3 aliphatic rings. The number of halogens is 1. The third-order valence-corrected chi connectivity index (χ3v) is 9.82. The number of nitrogens with one attached hydrogen (secondary N) is 2. The number of rotatable bonds is 7. The van der Waals surface area contributed by atoms with E-state index in [-0.39, 0.29) is 29.6 Å². The number of benzene rings is 2. The summed E-state index contributed by atoms with van der Waals surface area (Å²) in [6, 6.07) is 14.8. The van der Waals surface area contributed by atoms with Crippen molar-refractivity contribution < 1.29 is 19.5 Å². The van der Waals surface area contributed by atoms with Crippen molar-refractivity contribution in [3.8, 4) is 0 Å². The number of amides is 3. The van der Waals surface area contributed by atoms with E-state index in [0.717, 1.165) is 6.42 Å². The van der Waals surface area contributed by atoms with Crippen molar-refractivity contribution in [2.45, 2.75) is 48.3 Å². The molecule has 9 heteroatoms. The zero-order valence-electron chi connectivity index (χ0n) is 19.3. The monoisotopic (exact) mass is 513 g/mol. The molecule has 3 saturated heterocycles. The molecule has 35 heavy (non-hydrogen) atoms. The van der Waals surface area contributed by atoms with Gasteiger partial charge in [-0.05, 0) is 43.5 Å². The van der Waals surface area contributed by atoms with E-state index in [9.17, 15) is 19.5 Å². The molecule has 3 amide bonds. The third kappa shape index (κ3) is 3.92. The van der Waals surface area contributed by atoms with Gasteiger partial charge in [0.2, 0.25) is 17.7 Å². The predicted octanol–water partition coefficient (Wildman–Crippen LogP) is 3.78. The molecule has 3 N–H and O–H groups in total. The van der Waals surface area contributed by atoms with Crippen molar-refractivity contribution in [2.75, 3.05) is 17.2 Å². The Morgan fingerprint density at radius 3 is 2.54 bits per heavy atom. The highest BCUT2D eigenvalue weighted by Gasteiger charge is 2.74. The fraction of sp³-hybridized carbons (Fsp3) is 0.423. The lowest BCUT2D eigenvalue weighted by molar-refractivity contribution is -0.141. The standard InChI is InChI=1S/C26H28ClN3O4S/c1-2-16(14-31)30-22(24(33)29-18-11-7-6-10-17(18)27)26-13-12-19(35-26)20(21(26)25(30)34)23(32)28-15-8-4-3-5-9-15/h3-11,16,19-22,31H,2,12-14H2,1H3,(H,28,32)(H,29,33)/t16-,19+,20-,21-,22?,26?/m0/s1. The molecule has 0 aromatic heterocycles. The highest BCUT2D eigenvalue weighted by molar-refractivity contribution is 8.02. The number of para-hydroxylation sites is 2. The van der Waals surface area contributed by atoms with E-state index in [1.807, 2.05) is 37.3 Å². The maximum atomic E-state index is 13.9. The summed E-state index contributed by atoms with van der Waals surface area (Å²) in [5.41, 5.74) is 1.15. The van der Waals surface area contributed by atoms with Gasteiger partial charge >= 0.3 is 0 Å². The van der Waals surface area contributed by atoms with Crippen LogP contribution in [0, 0.1) is 11.8 Å². The minimum Gasteiger partial charge on any atom is -0.394 e. The van der Waals surface area contributed by atoms with Crippen LogP contribution in [0.5, 0.6) is 0 Å². The maximum absolute atomic E-state index is 13.9. The molecule has 2 aromatic rings. The highest BCUT2D eigenvalue weighted by Crippen LogP contribution is 2.66. The average molecular weight is 514 g/mol. The number of anilines is 2. The average Bonchev–Trinajstić information content (AvgIpc) is 3.50. The summed E-state index contributed by atoms with van der Waals surface area (Å²) in [5, 5.41) is 16.4. The molecule has 0 saturated carbocycles. The number of fused-ring (bicyclic) bond motifs is 1. The first-order valence-corrected chi connectivity index (χ1v) is 13.2. The molecule has 3 fully saturated rings. The Balaban J connectivity index is 1.51. The summed E-state index contributed by atoms with van der Waals surface area (Å²) in [4.78, 5) is 42.7. The van der Waals surface area contributed by atoms with Crippen LogP contribution in [-0.2, 0) is 14.4 Å². The molecule has 1 spiro atoms. The molecule has 184 valence electrons. The van der Waals surface area contributed by atoms with Gasteiger partial charge in [0.05, 0.1) is 39.9 Å². The fourth-order valence-corrected chi connectivity index (χ4v) is 8.40. The van der Waals surface area contributed by atoms with Crippen LogP contribution >= 0.6 is 23.4 Å². The van der Waals surface area contributed by atoms with Crippen molar-refractivity contribution in [2.24, 2.45) is 11.8 Å². The van der Waals surface area contributed by atoms with Gasteiger partial charge in [0.1, 0.15) is 6.04 Å². The second-order valence-electron chi connectivity index (χ2n) is 9.37. The van der Waals surface area contributed by atoms with E-state index >= 15 is 0 Å². The van der Waals surface area contributed by atoms with Crippen LogP contribution in [0.3, 0.4) is 0 Å². The molecule has 7 nitrogen and oxygen atoms in total. The lowest BCUT2D eigenvalue weighted by Crippen LogP contribution is -2.54. The first kappa shape index (κ1) is 24.2. The number of nitrogens with zero attached hydrogens (tertiary/aromatic N) is 1. The summed E-state index contributed by atoms with van der Waals surface area (Å²) in [7, 11) is 0. The number of carbonyl (C=O) groups excluding carboxylic acids is 3. The van der Waals surface area contributed by atoms with E-state index in [0.29, 0.717) is 29.2 Å². The molecular formula is C26H28ClN3O4S. The number of likely N-dealkylation sites (tertiary alicyclic amines) is 1. The van der Waals surface area contributed by atoms with Crippen LogP contribution < -0.4 is 10.6 Å². The first-order valence-electron chi connectivity index (χ1n) is 11.9. The van der Waals surface area contributed by atoms with E-state index < -0.39 is 28.7 Å². The quantitative estimate of drug-likeness (QED) is 0.523. The van der Waals surface area contributed by atoms with Crippen LogP contribution in [-0.4, -0.2) is 56.4 Å². The van der Waals surface area contributed by atoms with Gasteiger partial charge < -0.3 is 20.6 Å². The van der Waals surface area contributed by atoms with Gasteiger partial charge in [-0.15, -0.1) is 11.8 Å². The Bertz CT molecular complexity index is 1140. The van der Waals surface area contributed by atoms with Gasteiger partial charge in [-0.25, -0.2) is 0 Å².